The molecule has 0 aromatic carbocycles. The Hall–Kier alpha value is -1.63. The van der Waals surface area contributed by atoms with Gasteiger partial charge in [-0.3, -0.25) is 14.4 Å². The lowest BCUT2D eigenvalue weighted by molar-refractivity contribution is -0.154. The molecule has 2 amide bonds. The molecule has 4 N–H and O–H groups in total. The van der Waals surface area contributed by atoms with Gasteiger partial charge in [0, 0.05) is 0 Å². The molecule has 0 saturated carbocycles. The Kier molecular flexibility index (Phi) is 6.47. The molecule has 0 aliphatic carbocycles. The molecule has 0 aliphatic heterocycles. The van der Waals surface area contributed by atoms with Gasteiger partial charge in [-0.2, -0.15) is 0 Å². The summed E-state index contributed by atoms with van der Waals surface area (Å²) in [6.45, 7) is 7.98. The number of hydrogen-bond donors (Lipinski definition) is 3. The van der Waals surface area contributed by atoms with Gasteiger partial charge < -0.3 is 21.1 Å². The summed E-state index contributed by atoms with van der Waals surface area (Å²) in [5.41, 5.74) is 4.76. The maximum Gasteiger partial charge on any atom is 0.325 e. The zero-order valence-corrected chi connectivity index (χ0v) is 12.1. The lowest BCUT2D eigenvalue weighted by Gasteiger charge is -2.20. The van der Waals surface area contributed by atoms with Crippen molar-refractivity contribution in [2.75, 3.05) is 6.54 Å². The van der Waals surface area contributed by atoms with Crippen molar-refractivity contribution in [3.63, 3.8) is 0 Å². The molecule has 0 aliphatic rings. The third-order valence-electron chi connectivity index (χ3n) is 1.99. The van der Waals surface area contributed by atoms with Crippen molar-refractivity contribution in [1.29, 1.82) is 0 Å². The van der Waals surface area contributed by atoms with Crippen LogP contribution in [0, 0.1) is 0 Å². The molecule has 0 heterocycles. The number of nitrogens with one attached hydrogen (secondary N) is 2. The fourth-order valence-electron chi connectivity index (χ4n) is 1.10. The van der Waals surface area contributed by atoms with Crippen LogP contribution in [-0.2, 0) is 19.1 Å². The maximum atomic E-state index is 11.6. The van der Waals surface area contributed by atoms with Crippen LogP contribution in [0.3, 0.4) is 0 Å². The Bertz CT molecular complexity index is 347. The van der Waals surface area contributed by atoms with Crippen molar-refractivity contribution >= 4 is 17.8 Å². The first-order valence-electron chi connectivity index (χ1n) is 6.08. The SMILES string of the molecule is C[C@H](N)C(=O)N[C@@H](C)C(=O)NCC(=O)OC(C)(C)C. The third-order valence-corrected chi connectivity index (χ3v) is 1.99. The Morgan fingerprint density at radius 1 is 1.16 bits per heavy atom. The van der Waals surface area contributed by atoms with Crippen LogP contribution in [0.15, 0.2) is 0 Å². The Balaban J connectivity index is 4.11. The monoisotopic (exact) mass is 273 g/mol. The zero-order valence-electron chi connectivity index (χ0n) is 12.1. The second kappa shape index (κ2) is 7.08. The van der Waals surface area contributed by atoms with E-state index in [4.69, 9.17) is 10.5 Å². The van der Waals surface area contributed by atoms with Gasteiger partial charge in [-0.05, 0) is 34.6 Å². The summed E-state index contributed by atoms with van der Waals surface area (Å²) in [5.74, 6) is -1.44. The first kappa shape index (κ1) is 17.4. The molecule has 0 spiro atoms. The first-order chi connectivity index (χ1) is 8.53. The lowest BCUT2D eigenvalue weighted by Crippen LogP contribution is -2.50. The normalized spacial score (nSPS) is 14.2. The molecule has 0 unspecified atom stereocenters. The predicted molar refractivity (Wildman–Crippen MR) is 70.1 cm³/mol. The van der Waals surface area contributed by atoms with E-state index in [1.807, 2.05) is 0 Å². The number of ether oxygens (including phenoxy) is 1. The summed E-state index contributed by atoms with van der Waals surface area (Å²) < 4.78 is 5.03. The number of esters is 1. The van der Waals surface area contributed by atoms with Crippen LogP contribution in [-0.4, -0.2) is 42.0 Å². The molecule has 2 atom stereocenters. The van der Waals surface area contributed by atoms with Gasteiger partial charge in [0.2, 0.25) is 11.8 Å². The fraction of sp³-hybridized carbons (Fsp3) is 0.750. The highest BCUT2D eigenvalue weighted by Gasteiger charge is 2.20. The topological polar surface area (TPSA) is 111 Å². The van der Waals surface area contributed by atoms with Gasteiger partial charge in [-0.25, -0.2) is 0 Å². The van der Waals surface area contributed by atoms with Gasteiger partial charge >= 0.3 is 5.97 Å². The number of carbonyl (C=O) groups is 3. The van der Waals surface area contributed by atoms with Gasteiger partial charge in [-0.15, -0.1) is 0 Å². The molecule has 0 aromatic heterocycles. The molecule has 0 fully saturated rings. The average molecular weight is 273 g/mol. The molecule has 7 heteroatoms. The minimum absolute atomic E-state index is 0.242. The highest BCUT2D eigenvalue weighted by Crippen LogP contribution is 2.06. The molecule has 0 saturated heterocycles. The number of hydrogen-bond acceptors (Lipinski definition) is 5. The maximum absolute atomic E-state index is 11.6. The lowest BCUT2D eigenvalue weighted by atomic mass is 10.2. The second-order valence-electron chi connectivity index (χ2n) is 5.32. The van der Waals surface area contributed by atoms with E-state index in [2.05, 4.69) is 10.6 Å². The number of carbonyl (C=O) groups excluding carboxylic acids is 3. The minimum atomic E-state index is -0.763. The van der Waals surface area contributed by atoms with Crippen molar-refractivity contribution in [2.24, 2.45) is 5.73 Å². The molecule has 7 nitrogen and oxygen atoms in total. The largest absolute Gasteiger partial charge is 0.459 e. The summed E-state index contributed by atoms with van der Waals surface area (Å²) in [4.78, 5) is 34.2. The fourth-order valence-corrected chi connectivity index (χ4v) is 1.10. The molecular weight excluding hydrogens is 250 g/mol. The average Bonchev–Trinajstić information content (AvgIpc) is 2.23. The summed E-state index contributed by atoms with van der Waals surface area (Å²) in [5, 5.41) is 4.80. The zero-order chi connectivity index (χ0) is 15.2. The smallest absolute Gasteiger partial charge is 0.325 e. The van der Waals surface area contributed by atoms with E-state index in [1.54, 1.807) is 20.8 Å². The van der Waals surface area contributed by atoms with Crippen LogP contribution in [0.4, 0.5) is 0 Å². The molecule has 19 heavy (non-hydrogen) atoms. The standard InChI is InChI=1S/C12H23N3O4/c1-7(13)10(17)15-8(2)11(18)14-6-9(16)19-12(3,4)5/h7-8H,6,13H2,1-5H3,(H,14,18)(H,15,17)/t7-,8-/m0/s1. The van der Waals surface area contributed by atoms with E-state index in [0.717, 1.165) is 0 Å². The second-order valence-corrected chi connectivity index (χ2v) is 5.32. The van der Waals surface area contributed by atoms with Crippen molar-refractivity contribution in [1.82, 2.24) is 10.6 Å². The van der Waals surface area contributed by atoms with Crippen LogP contribution in [0.2, 0.25) is 0 Å². The van der Waals surface area contributed by atoms with E-state index in [0.29, 0.717) is 0 Å². The molecule has 0 aromatic rings. The molecular formula is C12H23N3O4. The van der Waals surface area contributed by atoms with Gasteiger partial charge in [-0.1, -0.05) is 0 Å². The van der Waals surface area contributed by atoms with Gasteiger partial charge in [0.1, 0.15) is 18.2 Å². The van der Waals surface area contributed by atoms with E-state index in [-0.39, 0.29) is 6.54 Å². The Morgan fingerprint density at radius 3 is 2.11 bits per heavy atom. The molecule has 0 rings (SSSR count). The van der Waals surface area contributed by atoms with E-state index in [1.165, 1.54) is 13.8 Å². The van der Waals surface area contributed by atoms with Crippen molar-refractivity contribution in [3.8, 4) is 0 Å². The summed E-state index contributed by atoms with van der Waals surface area (Å²) in [6, 6.07) is -1.46. The van der Waals surface area contributed by atoms with Gasteiger partial charge in [0.25, 0.3) is 0 Å². The molecule has 0 radical (unpaired) electrons. The van der Waals surface area contributed by atoms with Crippen molar-refractivity contribution < 1.29 is 19.1 Å². The number of nitrogens with two attached hydrogens (primary N) is 1. The van der Waals surface area contributed by atoms with Crippen LogP contribution in [0.1, 0.15) is 34.6 Å². The van der Waals surface area contributed by atoms with Gasteiger partial charge in [0.05, 0.1) is 6.04 Å². The third kappa shape index (κ3) is 8.15. The first-order valence-corrected chi connectivity index (χ1v) is 6.08. The van der Waals surface area contributed by atoms with Gasteiger partial charge in [0.15, 0.2) is 0 Å². The molecule has 110 valence electrons. The van der Waals surface area contributed by atoms with E-state index >= 15 is 0 Å². The highest BCUT2D eigenvalue weighted by atomic mass is 16.6. The molecule has 0 bridgehead atoms. The van der Waals surface area contributed by atoms with Crippen LogP contribution < -0.4 is 16.4 Å². The van der Waals surface area contributed by atoms with E-state index < -0.39 is 35.5 Å². The summed E-state index contributed by atoms with van der Waals surface area (Å²) in [6.07, 6.45) is 0. The van der Waals surface area contributed by atoms with Crippen LogP contribution in [0.5, 0.6) is 0 Å². The predicted octanol–water partition coefficient (Wildman–Crippen LogP) is -0.704. The quantitative estimate of drug-likeness (QED) is 0.573. The van der Waals surface area contributed by atoms with Crippen molar-refractivity contribution in [3.05, 3.63) is 0 Å². The summed E-state index contributed by atoms with van der Waals surface area (Å²) >= 11 is 0. The number of rotatable bonds is 5. The van der Waals surface area contributed by atoms with Crippen LogP contribution >= 0.6 is 0 Å². The summed E-state index contributed by atoms with van der Waals surface area (Å²) in [7, 11) is 0. The highest BCUT2D eigenvalue weighted by molar-refractivity contribution is 5.90. The Morgan fingerprint density at radius 2 is 1.68 bits per heavy atom. The van der Waals surface area contributed by atoms with Crippen LogP contribution in [0.25, 0.3) is 0 Å². The van der Waals surface area contributed by atoms with E-state index in [9.17, 15) is 14.4 Å². The number of amides is 2. The van der Waals surface area contributed by atoms with Crippen molar-refractivity contribution in [2.45, 2.75) is 52.3 Å². The Labute approximate surface area is 113 Å². The minimum Gasteiger partial charge on any atom is -0.459 e.